The highest BCUT2D eigenvalue weighted by atomic mass is 32.1. The lowest BCUT2D eigenvalue weighted by molar-refractivity contribution is 0.152. The van der Waals surface area contributed by atoms with Crippen LogP contribution in [-0.2, 0) is 24.4 Å². The van der Waals surface area contributed by atoms with Crippen molar-refractivity contribution < 1.29 is 23.4 Å². The van der Waals surface area contributed by atoms with Crippen molar-refractivity contribution in [3.63, 3.8) is 0 Å². The van der Waals surface area contributed by atoms with Crippen LogP contribution in [0.3, 0.4) is 0 Å². The zero-order valence-electron chi connectivity index (χ0n) is 20.4. The maximum Gasteiger partial charge on any atom is 0.412 e. The summed E-state index contributed by atoms with van der Waals surface area (Å²) in [6.07, 6.45) is 3.26. The van der Waals surface area contributed by atoms with E-state index in [0.29, 0.717) is 24.3 Å². The fraction of sp³-hybridized carbons (Fsp3) is 0.333. The van der Waals surface area contributed by atoms with E-state index < -0.39 is 17.7 Å². The molecule has 1 aliphatic rings. The molecule has 2 N–H and O–H groups in total. The van der Waals surface area contributed by atoms with Crippen molar-refractivity contribution in [2.45, 2.75) is 45.5 Å². The molecule has 194 valence electrons. The predicted molar refractivity (Wildman–Crippen MR) is 139 cm³/mol. The van der Waals surface area contributed by atoms with E-state index in [-0.39, 0.29) is 19.3 Å². The molecule has 7 nitrogen and oxygen atoms in total. The number of anilines is 1. The summed E-state index contributed by atoms with van der Waals surface area (Å²) in [5, 5.41) is 16.2. The molecule has 1 fully saturated rings. The molecule has 0 saturated carbocycles. The summed E-state index contributed by atoms with van der Waals surface area (Å²) in [6, 6.07) is 9.62. The SMILES string of the molecule is CCn1cc(NC(=O)OCc2ccc(F)c(F)c2)c2cc(-c3nc(CN4CCC[C@H]4CO)cs3)ccc21. The maximum atomic E-state index is 13.4. The first kappa shape index (κ1) is 25.3. The first-order valence-corrected chi connectivity index (χ1v) is 13.1. The standard InChI is InChI=1S/C27H28F2N4O3S/c1-2-32-13-24(31-27(35)36-15-17-5-7-22(28)23(29)10-17)21-11-18(6-8-25(21)32)26-30-19(16-37-26)12-33-9-3-4-20(33)14-34/h5-8,10-11,13,16,20,34H,2-4,9,12,14-15H2,1H3,(H,31,35)/t20-/m0/s1. The highest BCUT2D eigenvalue weighted by Gasteiger charge is 2.24. The van der Waals surface area contributed by atoms with Crippen LogP contribution in [0.2, 0.25) is 0 Å². The molecule has 2 aromatic heterocycles. The average molecular weight is 527 g/mol. The summed E-state index contributed by atoms with van der Waals surface area (Å²) in [4.78, 5) is 19.6. The zero-order valence-corrected chi connectivity index (χ0v) is 21.2. The largest absolute Gasteiger partial charge is 0.444 e. The van der Waals surface area contributed by atoms with Crippen LogP contribution >= 0.6 is 11.3 Å². The number of aryl methyl sites for hydroxylation is 1. The minimum atomic E-state index is -0.987. The van der Waals surface area contributed by atoms with Gasteiger partial charge >= 0.3 is 6.09 Å². The number of amides is 1. The lowest BCUT2D eigenvalue weighted by Gasteiger charge is -2.21. The van der Waals surface area contributed by atoms with Crippen molar-refractivity contribution in [1.82, 2.24) is 14.5 Å². The van der Waals surface area contributed by atoms with E-state index in [2.05, 4.69) is 15.6 Å². The van der Waals surface area contributed by atoms with Gasteiger partial charge in [-0.25, -0.2) is 18.6 Å². The first-order chi connectivity index (χ1) is 17.9. The van der Waals surface area contributed by atoms with Crippen LogP contribution in [0.25, 0.3) is 21.5 Å². The van der Waals surface area contributed by atoms with Gasteiger partial charge < -0.3 is 14.4 Å². The maximum absolute atomic E-state index is 13.4. The minimum absolute atomic E-state index is 0.168. The zero-order chi connectivity index (χ0) is 25.9. The number of thiazole rings is 1. The summed E-state index contributed by atoms with van der Waals surface area (Å²) in [7, 11) is 0. The fourth-order valence-electron chi connectivity index (χ4n) is 4.75. The van der Waals surface area contributed by atoms with Gasteiger partial charge in [-0.15, -0.1) is 11.3 Å². The van der Waals surface area contributed by atoms with Crippen LogP contribution in [0.15, 0.2) is 48.0 Å². The van der Waals surface area contributed by atoms with Crippen molar-refractivity contribution in [1.29, 1.82) is 0 Å². The van der Waals surface area contributed by atoms with Crippen molar-refractivity contribution in [2.75, 3.05) is 18.5 Å². The topological polar surface area (TPSA) is 79.6 Å². The van der Waals surface area contributed by atoms with E-state index in [1.54, 1.807) is 11.3 Å². The number of hydrogen-bond donors (Lipinski definition) is 2. The average Bonchev–Trinajstić information content (AvgIpc) is 3.64. The van der Waals surface area contributed by atoms with Gasteiger partial charge in [0.05, 0.1) is 23.5 Å². The van der Waals surface area contributed by atoms with Gasteiger partial charge in [0.25, 0.3) is 0 Å². The van der Waals surface area contributed by atoms with Crippen LogP contribution in [-0.4, -0.2) is 44.8 Å². The third-order valence-corrected chi connectivity index (χ3v) is 7.63. The number of benzene rings is 2. The number of ether oxygens (including phenoxy) is 1. The van der Waals surface area contributed by atoms with Crippen LogP contribution in [0.5, 0.6) is 0 Å². The Balaban J connectivity index is 1.32. The Kier molecular flexibility index (Phi) is 7.50. The number of halogens is 2. The monoisotopic (exact) mass is 526 g/mol. The quantitative estimate of drug-likeness (QED) is 0.305. The third-order valence-electron chi connectivity index (χ3n) is 6.69. The lowest BCUT2D eigenvalue weighted by atomic mass is 10.1. The highest BCUT2D eigenvalue weighted by molar-refractivity contribution is 7.13. The number of aliphatic hydroxyl groups excluding tert-OH is 1. The Morgan fingerprint density at radius 3 is 2.89 bits per heavy atom. The van der Waals surface area contributed by atoms with Crippen molar-refractivity contribution in [3.05, 3.63) is 70.9 Å². The van der Waals surface area contributed by atoms with Gasteiger partial charge in [0, 0.05) is 41.7 Å². The number of aliphatic hydroxyl groups is 1. The number of hydrogen-bond acceptors (Lipinski definition) is 6. The van der Waals surface area contributed by atoms with E-state index in [9.17, 15) is 18.7 Å². The Hall–Kier alpha value is -3.34. The molecule has 1 atom stereocenters. The van der Waals surface area contributed by atoms with Gasteiger partial charge in [0.2, 0.25) is 0 Å². The lowest BCUT2D eigenvalue weighted by Crippen LogP contribution is -2.31. The molecule has 0 spiro atoms. The second kappa shape index (κ2) is 11.0. The predicted octanol–water partition coefficient (Wildman–Crippen LogP) is 5.77. The molecule has 1 aliphatic heterocycles. The second-order valence-corrected chi connectivity index (χ2v) is 9.96. The fourth-order valence-corrected chi connectivity index (χ4v) is 5.55. The molecule has 0 bridgehead atoms. The molecule has 3 heterocycles. The molecule has 0 radical (unpaired) electrons. The number of carbonyl (C=O) groups excluding carboxylic acids is 1. The van der Waals surface area contributed by atoms with E-state index in [1.807, 2.05) is 35.9 Å². The number of likely N-dealkylation sites (tertiary alicyclic amines) is 1. The molecule has 0 aliphatic carbocycles. The van der Waals surface area contributed by atoms with Crippen LogP contribution in [0.4, 0.5) is 19.3 Å². The molecule has 1 saturated heterocycles. The summed E-state index contributed by atoms with van der Waals surface area (Å²) in [6.45, 7) is 4.40. The van der Waals surface area contributed by atoms with E-state index in [0.717, 1.165) is 58.7 Å². The summed E-state index contributed by atoms with van der Waals surface area (Å²) in [5.41, 5.74) is 3.82. The van der Waals surface area contributed by atoms with Crippen molar-refractivity contribution in [3.8, 4) is 10.6 Å². The molecular formula is C27H28F2N4O3S. The molecular weight excluding hydrogens is 498 g/mol. The Labute approximate surface area is 217 Å². The molecule has 0 unspecified atom stereocenters. The smallest absolute Gasteiger partial charge is 0.412 e. The molecule has 10 heteroatoms. The Bertz CT molecular complexity index is 1420. The number of rotatable bonds is 8. The normalized spacial score (nSPS) is 15.9. The van der Waals surface area contributed by atoms with E-state index in [1.165, 1.54) is 6.07 Å². The van der Waals surface area contributed by atoms with Crippen LogP contribution in [0.1, 0.15) is 31.0 Å². The third kappa shape index (κ3) is 5.51. The van der Waals surface area contributed by atoms with Crippen LogP contribution in [0, 0.1) is 11.6 Å². The van der Waals surface area contributed by atoms with Gasteiger partial charge in [-0.1, -0.05) is 6.07 Å². The summed E-state index contributed by atoms with van der Waals surface area (Å²) < 4.78 is 33.8. The van der Waals surface area contributed by atoms with Gasteiger partial charge in [-0.2, -0.15) is 0 Å². The Morgan fingerprint density at radius 2 is 2.11 bits per heavy atom. The Morgan fingerprint density at radius 1 is 1.24 bits per heavy atom. The number of fused-ring (bicyclic) bond motifs is 1. The number of nitrogens with zero attached hydrogens (tertiary/aromatic N) is 3. The second-order valence-electron chi connectivity index (χ2n) is 9.10. The highest BCUT2D eigenvalue weighted by Crippen LogP contribution is 2.33. The molecule has 1 amide bonds. The molecule has 4 aromatic rings. The summed E-state index contributed by atoms with van der Waals surface area (Å²) >= 11 is 1.57. The van der Waals surface area contributed by atoms with Crippen molar-refractivity contribution >= 4 is 34.0 Å². The van der Waals surface area contributed by atoms with Gasteiger partial charge in [0.15, 0.2) is 11.6 Å². The van der Waals surface area contributed by atoms with E-state index in [4.69, 9.17) is 9.72 Å². The minimum Gasteiger partial charge on any atom is -0.444 e. The van der Waals surface area contributed by atoms with Gasteiger partial charge in [-0.3, -0.25) is 10.2 Å². The molecule has 2 aromatic carbocycles. The number of carbonyl (C=O) groups is 1. The first-order valence-electron chi connectivity index (χ1n) is 12.3. The van der Waals surface area contributed by atoms with Gasteiger partial charge in [-0.05, 0) is 62.2 Å². The molecule has 5 rings (SSSR count). The number of aromatic nitrogens is 2. The number of nitrogens with one attached hydrogen (secondary N) is 1. The van der Waals surface area contributed by atoms with E-state index >= 15 is 0 Å². The van der Waals surface area contributed by atoms with Gasteiger partial charge in [0.1, 0.15) is 11.6 Å². The van der Waals surface area contributed by atoms with Crippen molar-refractivity contribution in [2.24, 2.45) is 0 Å². The molecule has 37 heavy (non-hydrogen) atoms. The summed E-state index contributed by atoms with van der Waals surface area (Å²) in [5.74, 6) is -1.94. The van der Waals surface area contributed by atoms with Crippen LogP contribution < -0.4 is 5.32 Å².